The Morgan fingerprint density at radius 3 is 2.00 bits per heavy atom. The van der Waals surface area contributed by atoms with E-state index in [-0.39, 0.29) is 18.1 Å². The van der Waals surface area contributed by atoms with Crippen LogP contribution >= 0.6 is 0 Å². The summed E-state index contributed by atoms with van der Waals surface area (Å²) in [7, 11) is 0. The van der Waals surface area contributed by atoms with E-state index in [9.17, 15) is 0 Å². The van der Waals surface area contributed by atoms with Crippen molar-refractivity contribution in [3.63, 3.8) is 0 Å². The first kappa shape index (κ1) is 14.6. The van der Waals surface area contributed by atoms with E-state index in [1.165, 1.54) is 11.1 Å². The van der Waals surface area contributed by atoms with Crippen LogP contribution in [0.5, 0.6) is 0 Å². The summed E-state index contributed by atoms with van der Waals surface area (Å²) < 4.78 is 6.05. The smallest absolute Gasteiger partial charge is 0.0684 e. The van der Waals surface area contributed by atoms with Gasteiger partial charge in [-0.1, -0.05) is 65.8 Å². The quantitative estimate of drug-likeness (QED) is 0.459. The van der Waals surface area contributed by atoms with Crippen LogP contribution in [0.4, 0.5) is 0 Å². The standard InChI is InChI=1S/C18H19N3O/c19-21-20-16-11-12-17(22-13-16)18(14-7-3-1-4-8-14)15-9-5-2-6-10-15/h1-10,16-18H,11-13H2/t16-,17-/m0/s1. The Bertz CT molecular complexity index is 590. The summed E-state index contributed by atoms with van der Waals surface area (Å²) in [5, 5.41) is 3.78. The minimum atomic E-state index is -0.0338. The van der Waals surface area contributed by atoms with Gasteiger partial charge >= 0.3 is 0 Å². The fourth-order valence-corrected chi connectivity index (χ4v) is 3.13. The van der Waals surface area contributed by atoms with E-state index in [1.54, 1.807) is 0 Å². The lowest BCUT2D eigenvalue weighted by atomic mass is 9.83. The lowest BCUT2D eigenvalue weighted by Gasteiger charge is -2.33. The molecule has 0 radical (unpaired) electrons. The predicted octanol–water partition coefficient (Wildman–Crippen LogP) is 4.68. The van der Waals surface area contributed by atoms with Crippen molar-refractivity contribution in [1.82, 2.24) is 0 Å². The number of ether oxygens (including phenoxy) is 1. The number of rotatable bonds is 4. The summed E-state index contributed by atoms with van der Waals surface area (Å²) >= 11 is 0. The van der Waals surface area contributed by atoms with E-state index in [1.807, 2.05) is 12.1 Å². The molecule has 0 amide bonds. The maximum Gasteiger partial charge on any atom is 0.0684 e. The first-order valence-electron chi connectivity index (χ1n) is 7.64. The molecule has 2 aromatic carbocycles. The molecule has 2 atom stereocenters. The van der Waals surface area contributed by atoms with Gasteiger partial charge in [0.2, 0.25) is 0 Å². The molecule has 4 heteroatoms. The summed E-state index contributed by atoms with van der Waals surface area (Å²) in [5.41, 5.74) is 11.1. The second-order valence-corrected chi connectivity index (χ2v) is 5.61. The minimum Gasteiger partial charge on any atom is -0.377 e. The van der Waals surface area contributed by atoms with Gasteiger partial charge in [0.25, 0.3) is 0 Å². The summed E-state index contributed by atoms with van der Waals surface area (Å²) in [4.78, 5) is 2.89. The number of azide groups is 1. The molecular formula is C18H19N3O. The van der Waals surface area contributed by atoms with Crippen LogP contribution in [0, 0.1) is 0 Å². The Morgan fingerprint density at radius 2 is 1.55 bits per heavy atom. The third kappa shape index (κ3) is 3.30. The average molecular weight is 293 g/mol. The second kappa shape index (κ2) is 7.12. The first-order valence-corrected chi connectivity index (χ1v) is 7.64. The van der Waals surface area contributed by atoms with Crippen molar-refractivity contribution in [1.29, 1.82) is 0 Å². The monoisotopic (exact) mass is 293 g/mol. The van der Waals surface area contributed by atoms with Crippen LogP contribution < -0.4 is 0 Å². The molecule has 0 spiro atoms. The molecule has 0 saturated carbocycles. The van der Waals surface area contributed by atoms with Crippen molar-refractivity contribution in [2.24, 2.45) is 5.11 Å². The fourth-order valence-electron chi connectivity index (χ4n) is 3.13. The maximum atomic E-state index is 8.55. The molecule has 22 heavy (non-hydrogen) atoms. The van der Waals surface area contributed by atoms with Gasteiger partial charge in [0.05, 0.1) is 18.8 Å². The zero-order chi connectivity index (χ0) is 15.2. The van der Waals surface area contributed by atoms with Gasteiger partial charge in [-0.15, -0.1) is 0 Å². The zero-order valence-corrected chi connectivity index (χ0v) is 12.4. The van der Waals surface area contributed by atoms with Crippen LogP contribution in [0.25, 0.3) is 10.4 Å². The third-order valence-corrected chi connectivity index (χ3v) is 4.19. The number of benzene rings is 2. The molecule has 2 aromatic rings. The Labute approximate surface area is 130 Å². The van der Waals surface area contributed by atoms with Crippen molar-refractivity contribution in [3.05, 3.63) is 82.2 Å². The zero-order valence-electron chi connectivity index (χ0n) is 12.4. The third-order valence-electron chi connectivity index (χ3n) is 4.19. The van der Waals surface area contributed by atoms with Gasteiger partial charge in [-0.25, -0.2) is 0 Å². The Balaban J connectivity index is 1.86. The SMILES string of the molecule is [N-]=[N+]=N[C@H]1CC[C@@H](C(c2ccccc2)c2ccccc2)OC1. The van der Waals surface area contributed by atoms with Crippen LogP contribution in [0.3, 0.4) is 0 Å². The molecule has 1 aliphatic rings. The summed E-state index contributed by atoms with van der Waals surface area (Å²) in [6, 6.07) is 20.9. The fraction of sp³-hybridized carbons (Fsp3) is 0.333. The van der Waals surface area contributed by atoms with Crippen molar-refractivity contribution < 1.29 is 4.74 Å². The Hall–Kier alpha value is -2.29. The van der Waals surface area contributed by atoms with E-state index < -0.39 is 0 Å². The highest BCUT2D eigenvalue weighted by molar-refractivity contribution is 5.34. The maximum absolute atomic E-state index is 8.55. The number of nitrogens with zero attached hydrogens (tertiary/aromatic N) is 3. The normalized spacial score (nSPS) is 21.3. The van der Waals surface area contributed by atoms with Gasteiger partial charge in [0, 0.05) is 10.8 Å². The van der Waals surface area contributed by atoms with Gasteiger partial charge in [0.1, 0.15) is 0 Å². The van der Waals surface area contributed by atoms with Gasteiger partial charge < -0.3 is 4.74 Å². The summed E-state index contributed by atoms with van der Waals surface area (Å²) in [6.07, 6.45) is 1.90. The van der Waals surface area contributed by atoms with Crippen molar-refractivity contribution in [2.45, 2.75) is 30.9 Å². The summed E-state index contributed by atoms with van der Waals surface area (Å²) in [6.45, 7) is 0.505. The molecule has 0 N–H and O–H groups in total. The van der Waals surface area contributed by atoms with E-state index >= 15 is 0 Å². The van der Waals surface area contributed by atoms with Gasteiger partial charge in [-0.2, -0.15) is 0 Å². The largest absolute Gasteiger partial charge is 0.377 e. The summed E-state index contributed by atoms with van der Waals surface area (Å²) in [5.74, 6) is 0.217. The van der Waals surface area contributed by atoms with Crippen LogP contribution in [0.15, 0.2) is 65.8 Å². The molecular weight excluding hydrogens is 274 g/mol. The molecule has 112 valence electrons. The van der Waals surface area contributed by atoms with E-state index in [0.29, 0.717) is 6.61 Å². The van der Waals surface area contributed by atoms with Crippen molar-refractivity contribution in [3.8, 4) is 0 Å². The van der Waals surface area contributed by atoms with Gasteiger partial charge in [-0.05, 0) is 29.5 Å². The molecule has 0 aliphatic carbocycles. The second-order valence-electron chi connectivity index (χ2n) is 5.61. The Kier molecular flexibility index (Phi) is 4.74. The van der Waals surface area contributed by atoms with E-state index in [0.717, 1.165) is 12.8 Å². The van der Waals surface area contributed by atoms with Crippen molar-refractivity contribution in [2.75, 3.05) is 6.61 Å². The lowest BCUT2D eigenvalue weighted by Crippen LogP contribution is -2.33. The minimum absolute atomic E-state index is 0.0338. The van der Waals surface area contributed by atoms with E-state index in [2.05, 4.69) is 58.6 Å². The topological polar surface area (TPSA) is 58.0 Å². The highest BCUT2D eigenvalue weighted by atomic mass is 16.5. The Morgan fingerprint density at radius 1 is 0.955 bits per heavy atom. The van der Waals surface area contributed by atoms with Crippen LogP contribution in [0.1, 0.15) is 29.9 Å². The molecule has 0 unspecified atom stereocenters. The molecule has 0 aromatic heterocycles. The van der Waals surface area contributed by atoms with Crippen LogP contribution in [0.2, 0.25) is 0 Å². The number of hydrogen-bond donors (Lipinski definition) is 0. The van der Waals surface area contributed by atoms with Crippen molar-refractivity contribution >= 4 is 0 Å². The predicted molar refractivity (Wildman–Crippen MR) is 86.6 cm³/mol. The molecule has 1 aliphatic heterocycles. The number of hydrogen-bond acceptors (Lipinski definition) is 2. The first-order chi connectivity index (χ1) is 10.9. The van der Waals surface area contributed by atoms with Gasteiger partial charge in [0.15, 0.2) is 0 Å². The van der Waals surface area contributed by atoms with Crippen LogP contribution in [-0.4, -0.2) is 18.8 Å². The molecule has 4 nitrogen and oxygen atoms in total. The highest BCUT2D eigenvalue weighted by Crippen LogP contribution is 2.34. The molecule has 1 saturated heterocycles. The average Bonchev–Trinajstić information content (AvgIpc) is 2.59. The van der Waals surface area contributed by atoms with Crippen LogP contribution in [-0.2, 0) is 4.74 Å². The highest BCUT2D eigenvalue weighted by Gasteiger charge is 2.30. The molecule has 1 heterocycles. The lowest BCUT2D eigenvalue weighted by molar-refractivity contribution is -0.00362. The molecule has 0 bridgehead atoms. The van der Waals surface area contributed by atoms with E-state index in [4.69, 9.17) is 10.3 Å². The van der Waals surface area contributed by atoms with Gasteiger partial charge in [-0.3, -0.25) is 0 Å². The molecule has 3 rings (SSSR count). The molecule has 1 fully saturated rings.